The predicted octanol–water partition coefficient (Wildman–Crippen LogP) is 11.5. The Morgan fingerprint density at radius 1 is 0.581 bits per heavy atom. The number of benzene rings is 6. The van der Waals surface area contributed by atoms with Crippen LogP contribution in [0, 0.1) is 0 Å². The number of fused-ring (bicyclic) bond motifs is 5. The van der Waals surface area contributed by atoms with Crippen molar-refractivity contribution in [3.8, 4) is 11.1 Å². The first kappa shape index (κ1) is 24.5. The molecule has 0 bridgehead atoms. The Balaban J connectivity index is 1.11. The molecule has 3 heteroatoms. The molecule has 1 unspecified atom stereocenters. The van der Waals surface area contributed by atoms with Gasteiger partial charge in [-0.05, 0) is 77.0 Å². The molecule has 1 aromatic heterocycles. The summed E-state index contributed by atoms with van der Waals surface area (Å²) in [7, 11) is 0. The first-order valence-corrected chi connectivity index (χ1v) is 15.7. The Morgan fingerprint density at radius 3 is 2.28 bits per heavy atom. The zero-order valence-corrected chi connectivity index (χ0v) is 24.3. The van der Waals surface area contributed by atoms with Gasteiger partial charge in [-0.2, -0.15) is 0 Å². The molecule has 2 heterocycles. The number of anilines is 4. The second-order valence-corrected chi connectivity index (χ2v) is 12.4. The van der Waals surface area contributed by atoms with Crippen LogP contribution in [-0.2, 0) is 0 Å². The number of nitrogens with zero attached hydrogens (tertiary/aromatic N) is 1. The Hall–Kier alpha value is -5.12. The number of hydrogen-bond donors (Lipinski definition) is 1. The third-order valence-corrected chi connectivity index (χ3v) is 10.1. The zero-order chi connectivity index (χ0) is 28.3. The van der Waals surface area contributed by atoms with Gasteiger partial charge in [0.2, 0.25) is 0 Å². The van der Waals surface area contributed by atoms with Crippen molar-refractivity contribution in [3.05, 3.63) is 151 Å². The lowest BCUT2D eigenvalue weighted by Crippen LogP contribution is -2.30. The van der Waals surface area contributed by atoms with Crippen molar-refractivity contribution in [1.82, 2.24) is 0 Å². The maximum Gasteiger partial charge on any atom is 0.0560 e. The van der Waals surface area contributed by atoms with Gasteiger partial charge in [0.25, 0.3) is 0 Å². The summed E-state index contributed by atoms with van der Waals surface area (Å²) in [5.41, 5.74) is 9.91. The minimum absolute atomic E-state index is 0.210. The monoisotopic (exact) mass is 568 g/mol. The third kappa shape index (κ3) is 3.93. The van der Waals surface area contributed by atoms with Gasteiger partial charge >= 0.3 is 0 Å². The smallest absolute Gasteiger partial charge is 0.0560 e. The van der Waals surface area contributed by atoms with Crippen molar-refractivity contribution in [2.75, 3.05) is 10.2 Å². The summed E-state index contributed by atoms with van der Waals surface area (Å²) in [6, 6.07) is 46.6. The van der Waals surface area contributed by atoms with E-state index in [0.717, 1.165) is 6.42 Å². The molecule has 1 aliphatic heterocycles. The molecule has 2 aliphatic rings. The van der Waals surface area contributed by atoms with E-state index >= 15 is 0 Å². The van der Waals surface area contributed by atoms with Crippen molar-refractivity contribution >= 4 is 70.6 Å². The molecule has 6 aromatic carbocycles. The van der Waals surface area contributed by atoms with Gasteiger partial charge in [0.1, 0.15) is 0 Å². The fourth-order valence-corrected chi connectivity index (χ4v) is 8.03. The average Bonchev–Trinajstić information content (AvgIpc) is 3.44. The van der Waals surface area contributed by atoms with Crippen LogP contribution in [0.5, 0.6) is 0 Å². The largest absolute Gasteiger partial charge is 0.354 e. The maximum atomic E-state index is 3.67. The topological polar surface area (TPSA) is 15.3 Å². The van der Waals surface area contributed by atoms with Gasteiger partial charge in [-0.3, -0.25) is 0 Å². The Labute approximate surface area is 254 Å². The van der Waals surface area contributed by atoms with Crippen LogP contribution in [0.4, 0.5) is 22.7 Å². The Morgan fingerprint density at radius 2 is 1.37 bits per heavy atom. The first-order chi connectivity index (χ1) is 21.3. The molecule has 204 valence electrons. The van der Waals surface area contributed by atoms with E-state index in [0.29, 0.717) is 0 Å². The van der Waals surface area contributed by atoms with Crippen molar-refractivity contribution in [2.45, 2.75) is 12.5 Å². The van der Waals surface area contributed by atoms with E-state index < -0.39 is 0 Å². The lowest BCUT2D eigenvalue weighted by atomic mass is 9.87. The maximum absolute atomic E-state index is 3.67. The quantitative estimate of drug-likeness (QED) is 0.227. The molecule has 0 amide bonds. The van der Waals surface area contributed by atoms with Gasteiger partial charge in [0.15, 0.2) is 0 Å². The Bertz CT molecular complexity index is 2260. The summed E-state index contributed by atoms with van der Waals surface area (Å²) in [5.74, 6) is 0. The standard InChI is InChI=1S/C40H28N2S/c1-2-9-27(10-3-1)42(29-21-24-39-35(25-29)32-12-5-7-16-38(32)43-39)28-19-17-26(18-20-28)30-22-23-37-40-33(30)13-8-14-34(40)31-11-4-6-15-36(31)41-37/h1-19,21-25,28,41H,20H2. The molecule has 2 nitrogen and oxygen atoms in total. The molecule has 0 saturated heterocycles. The van der Waals surface area contributed by atoms with Gasteiger partial charge in [0, 0.05) is 53.9 Å². The molecule has 7 aromatic rings. The fourth-order valence-electron chi connectivity index (χ4n) is 6.94. The van der Waals surface area contributed by atoms with Crippen molar-refractivity contribution in [2.24, 2.45) is 0 Å². The lowest BCUT2D eigenvalue weighted by molar-refractivity contribution is 0.787. The predicted molar refractivity (Wildman–Crippen MR) is 186 cm³/mol. The summed E-state index contributed by atoms with van der Waals surface area (Å²) in [5, 5.41) is 8.93. The number of thiophene rings is 1. The number of rotatable bonds is 4. The van der Waals surface area contributed by atoms with Crippen molar-refractivity contribution in [3.63, 3.8) is 0 Å². The molecule has 0 spiro atoms. The van der Waals surface area contributed by atoms with Gasteiger partial charge < -0.3 is 10.2 Å². The molecule has 43 heavy (non-hydrogen) atoms. The number of hydrogen-bond acceptors (Lipinski definition) is 3. The Kier molecular flexibility index (Phi) is 5.53. The molecule has 1 aliphatic carbocycles. The van der Waals surface area contributed by atoms with E-state index in [4.69, 9.17) is 0 Å². The summed E-state index contributed by atoms with van der Waals surface area (Å²) in [6.07, 6.45) is 8.07. The van der Waals surface area contributed by atoms with E-state index in [1.165, 1.54) is 76.0 Å². The summed E-state index contributed by atoms with van der Waals surface area (Å²) < 4.78 is 2.67. The second-order valence-electron chi connectivity index (χ2n) is 11.4. The second kappa shape index (κ2) is 9.72. The van der Waals surface area contributed by atoms with Crippen LogP contribution in [0.25, 0.3) is 47.6 Å². The van der Waals surface area contributed by atoms with Crippen LogP contribution in [0.3, 0.4) is 0 Å². The zero-order valence-electron chi connectivity index (χ0n) is 23.5. The van der Waals surface area contributed by atoms with E-state index in [1.807, 2.05) is 11.3 Å². The van der Waals surface area contributed by atoms with E-state index in [9.17, 15) is 0 Å². The number of nitrogens with one attached hydrogen (secondary N) is 1. The van der Waals surface area contributed by atoms with Gasteiger partial charge in [-0.1, -0.05) is 97.1 Å². The summed E-state index contributed by atoms with van der Waals surface area (Å²) in [6.45, 7) is 0. The molecule has 0 radical (unpaired) electrons. The first-order valence-electron chi connectivity index (χ1n) is 14.9. The fraction of sp³-hybridized carbons (Fsp3) is 0.0500. The van der Waals surface area contributed by atoms with E-state index in [2.05, 4.69) is 156 Å². The highest BCUT2D eigenvalue weighted by atomic mass is 32.1. The van der Waals surface area contributed by atoms with Gasteiger partial charge in [-0.25, -0.2) is 0 Å². The normalized spacial score (nSPS) is 15.3. The van der Waals surface area contributed by atoms with Crippen LogP contribution >= 0.6 is 11.3 Å². The van der Waals surface area contributed by atoms with E-state index in [-0.39, 0.29) is 6.04 Å². The van der Waals surface area contributed by atoms with Crippen molar-refractivity contribution < 1.29 is 0 Å². The molecule has 1 atom stereocenters. The minimum Gasteiger partial charge on any atom is -0.354 e. The van der Waals surface area contributed by atoms with E-state index in [1.54, 1.807) is 0 Å². The molecular formula is C40H28N2S. The minimum atomic E-state index is 0.210. The molecule has 9 rings (SSSR count). The van der Waals surface area contributed by atoms with Crippen LogP contribution in [0.2, 0.25) is 0 Å². The van der Waals surface area contributed by atoms with Crippen LogP contribution in [0.15, 0.2) is 146 Å². The summed E-state index contributed by atoms with van der Waals surface area (Å²) in [4.78, 5) is 2.49. The number of para-hydroxylation sites is 2. The highest BCUT2D eigenvalue weighted by Crippen LogP contribution is 2.46. The third-order valence-electron chi connectivity index (χ3n) is 8.92. The van der Waals surface area contributed by atoms with Gasteiger partial charge in [0.05, 0.1) is 6.04 Å². The highest BCUT2D eigenvalue weighted by Gasteiger charge is 2.23. The molecule has 0 fully saturated rings. The van der Waals surface area contributed by atoms with Crippen LogP contribution in [-0.4, -0.2) is 6.04 Å². The average molecular weight is 569 g/mol. The van der Waals surface area contributed by atoms with Crippen molar-refractivity contribution in [1.29, 1.82) is 0 Å². The van der Waals surface area contributed by atoms with Gasteiger partial charge in [-0.15, -0.1) is 11.3 Å². The summed E-state index contributed by atoms with van der Waals surface area (Å²) >= 11 is 1.87. The SMILES string of the molecule is C1=CC(N(c2ccccc2)c2ccc3sc4ccccc4c3c2)CC=C1c1ccc2c3c(cccc13)-c1ccccc1N2. The number of allylic oxidation sites excluding steroid dienone is 2. The van der Waals surface area contributed by atoms with Crippen LogP contribution in [0.1, 0.15) is 12.0 Å². The molecule has 0 saturated carbocycles. The molecular weight excluding hydrogens is 541 g/mol. The molecule has 1 N–H and O–H groups in total. The highest BCUT2D eigenvalue weighted by molar-refractivity contribution is 7.25. The lowest BCUT2D eigenvalue weighted by Gasteiger charge is -2.33. The van der Waals surface area contributed by atoms with Crippen LogP contribution < -0.4 is 10.2 Å².